The fourth-order valence-corrected chi connectivity index (χ4v) is 5.04. The van der Waals surface area contributed by atoms with E-state index in [2.05, 4.69) is 23.7 Å². The predicted molar refractivity (Wildman–Crippen MR) is 119 cm³/mol. The highest BCUT2D eigenvalue weighted by molar-refractivity contribution is 7.91. The summed E-state index contributed by atoms with van der Waals surface area (Å²) in [4.78, 5) is 21.9. The molecule has 6 nitrogen and oxygen atoms in total. The molecule has 0 spiro atoms. The molecule has 29 heavy (non-hydrogen) atoms. The molecule has 0 N–H and O–H groups in total. The molecule has 0 aliphatic carbocycles. The Balaban J connectivity index is 2.04. The van der Waals surface area contributed by atoms with Crippen LogP contribution in [0.15, 0.2) is 53.4 Å². The predicted octanol–water partition coefficient (Wildman–Crippen LogP) is 3.69. The van der Waals surface area contributed by atoms with Crippen LogP contribution in [0.25, 0.3) is 10.2 Å². The second-order valence-corrected chi connectivity index (χ2v) is 9.71. The Bertz CT molecular complexity index is 1090. The van der Waals surface area contributed by atoms with Crippen LogP contribution in [0.5, 0.6) is 0 Å². The molecule has 0 saturated carbocycles. The molecule has 1 amide bonds. The third-order valence-corrected chi connectivity index (χ3v) is 6.97. The molecule has 0 aliphatic heterocycles. The Hall–Kier alpha value is -2.29. The van der Waals surface area contributed by atoms with E-state index in [0.717, 1.165) is 17.8 Å². The maximum Gasteiger partial charge on any atom is 0.260 e. The zero-order chi connectivity index (χ0) is 21.0. The van der Waals surface area contributed by atoms with Gasteiger partial charge in [0.1, 0.15) is 5.52 Å². The molecule has 3 rings (SSSR count). The summed E-state index contributed by atoms with van der Waals surface area (Å²) in [7, 11) is -3.42. The monoisotopic (exact) mass is 431 g/mol. The minimum Gasteiger partial charge on any atom is -0.302 e. The molecule has 8 heteroatoms. The Morgan fingerprint density at radius 3 is 2.31 bits per heavy atom. The van der Waals surface area contributed by atoms with Crippen LogP contribution < -0.4 is 4.90 Å². The van der Waals surface area contributed by atoms with Gasteiger partial charge in [-0.15, -0.1) is 0 Å². The van der Waals surface area contributed by atoms with Gasteiger partial charge in [0.05, 0.1) is 9.60 Å². The smallest absolute Gasteiger partial charge is 0.260 e. The van der Waals surface area contributed by atoms with Crippen molar-refractivity contribution in [3.05, 3.63) is 54.1 Å². The number of anilines is 1. The molecule has 154 valence electrons. The van der Waals surface area contributed by atoms with E-state index in [0.29, 0.717) is 29.3 Å². The van der Waals surface area contributed by atoms with Gasteiger partial charge in [0.25, 0.3) is 5.91 Å². The van der Waals surface area contributed by atoms with Crippen molar-refractivity contribution in [2.24, 2.45) is 0 Å². The number of nitrogens with zero attached hydrogens (tertiary/aromatic N) is 3. The summed E-state index contributed by atoms with van der Waals surface area (Å²) in [6, 6.07) is 14.2. The lowest BCUT2D eigenvalue weighted by atomic mass is 10.2. The van der Waals surface area contributed by atoms with Crippen LogP contribution in [0.4, 0.5) is 5.13 Å². The summed E-state index contributed by atoms with van der Waals surface area (Å²) >= 11 is 1.34. The molecule has 0 unspecified atom stereocenters. The lowest BCUT2D eigenvalue weighted by molar-refractivity contribution is 0.0984. The molecule has 1 aromatic heterocycles. The van der Waals surface area contributed by atoms with E-state index in [9.17, 15) is 13.2 Å². The number of hydrogen-bond donors (Lipinski definition) is 0. The zero-order valence-corrected chi connectivity index (χ0v) is 18.5. The summed E-state index contributed by atoms with van der Waals surface area (Å²) in [6.45, 7) is 7.14. The summed E-state index contributed by atoms with van der Waals surface area (Å²) in [5, 5.41) is 0.511. The summed E-state index contributed by atoms with van der Waals surface area (Å²) in [6.07, 6.45) is 1.17. The minimum atomic E-state index is -3.42. The van der Waals surface area contributed by atoms with Crippen LogP contribution in [0.2, 0.25) is 0 Å². The number of benzene rings is 2. The number of sulfone groups is 1. The van der Waals surface area contributed by atoms with Crippen LogP contribution in [0.1, 0.15) is 24.2 Å². The van der Waals surface area contributed by atoms with Crippen molar-refractivity contribution in [2.75, 3.05) is 37.3 Å². The van der Waals surface area contributed by atoms with Crippen LogP contribution in [0, 0.1) is 0 Å². The van der Waals surface area contributed by atoms with Gasteiger partial charge in [-0.3, -0.25) is 9.69 Å². The number of para-hydroxylation sites is 1. The lowest BCUT2D eigenvalue weighted by Crippen LogP contribution is -2.38. The third kappa shape index (κ3) is 4.83. The number of carbonyl (C=O) groups excluding carboxylic acids is 1. The van der Waals surface area contributed by atoms with E-state index in [1.54, 1.807) is 29.2 Å². The van der Waals surface area contributed by atoms with Crippen molar-refractivity contribution in [1.29, 1.82) is 0 Å². The van der Waals surface area contributed by atoms with E-state index in [-0.39, 0.29) is 10.8 Å². The van der Waals surface area contributed by atoms with Gasteiger partial charge in [0, 0.05) is 24.9 Å². The van der Waals surface area contributed by atoms with Crippen LogP contribution in [0.3, 0.4) is 0 Å². The van der Waals surface area contributed by atoms with Crippen LogP contribution in [-0.4, -0.2) is 56.6 Å². The van der Waals surface area contributed by atoms with Crippen LogP contribution in [-0.2, 0) is 9.84 Å². The van der Waals surface area contributed by atoms with Crippen molar-refractivity contribution < 1.29 is 13.2 Å². The zero-order valence-electron chi connectivity index (χ0n) is 16.8. The Morgan fingerprint density at radius 1 is 1.00 bits per heavy atom. The molecule has 0 saturated heterocycles. The molecular weight excluding hydrogens is 406 g/mol. The van der Waals surface area contributed by atoms with Crippen molar-refractivity contribution >= 4 is 42.4 Å². The molecule has 2 aromatic carbocycles. The highest BCUT2D eigenvalue weighted by atomic mass is 32.2. The fraction of sp³-hybridized carbons (Fsp3) is 0.333. The Morgan fingerprint density at radius 2 is 1.69 bits per heavy atom. The average molecular weight is 432 g/mol. The topological polar surface area (TPSA) is 70.6 Å². The van der Waals surface area contributed by atoms with Gasteiger partial charge >= 0.3 is 0 Å². The second-order valence-electron chi connectivity index (χ2n) is 6.72. The number of thiazole rings is 1. The fourth-order valence-electron chi connectivity index (χ4n) is 3.13. The van der Waals surface area contributed by atoms with Crippen molar-refractivity contribution in [1.82, 2.24) is 9.88 Å². The standard InChI is InChI=1S/C21H25N3O3S2/c1-4-23(5-2)14-15-24(20(25)16-10-7-6-8-11-16)21-22-19-17(28-21)12-9-13-18(19)29(3,26)27/h6-13H,4-5,14-15H2,1-3H3. The second kappa shape index (κ2) is 9.02. The maximum atomic E-state index is 13.2. The maximum absolute atomic E-state index is 13.2. The van der Waals surface area contributed by atoms with Gasteiger partial charge in [0.15, 0.2) is 15.0 Å². The van der Waals surface area contributed by atoms with Crippen molar-refractivity contribution in [3.63, 3.8) is 0 Å². The third-order valence-electron chi connectivity index (χ3n) is 4.80. The highest BCUT2D eigenvalue weighted by Gasteiger charge is 2.23. The number of aromatic nitrogens is 1. The van der Waals surface area contributed by atoms with Gasteiger partial charge < -0.3 is 4.90 Å². The van der Waals surface area contributed by atoms with E-state index < -0.39 is 9.84 Å². The molecule has 0 radical (unpaired) electrons. The number of carbonyl (C=O) groups is 1. The average Bonchev–Trinajstić information content (AvgIpc) is 3.14. The largest absolute Gasteiger partial charge is 0.302 e. The molecule has 0 aliphatic rings. The SMILES string of the molecule is CCN(CC)CCN(C(=O)c1ccccc1)c1nc2c(S(C)(=O)=O)cccc2s1. The van der Waals surface area contributed by atoms with E-state index >= 15 is 0 Å². The van der Waals surface area contributed by atoms with Gasteiger partial charge in [-0.25, -0.2) is 13.4 Å². The number of hydrogen-bond acceptors (Lipinski definition) is 6. The van der Waals surface area contributed by atoms with Gasteiger partial charge in [-0.2, -0.15) is 0 Å². The summed E-state index contributed by atoms with van der Waals surface area (Å²) in [5.74, 6) is -0.141. The van der Waals surface area contributed by atoms with E-state index in [1.165, 1.54) is 17.6 Å². The quantitative estimate of drug-likeness (QED) is 0.544. The number of likely N-dealkylation sites (N-methyl/N-ethyl adjacent to an activating group) is 1. The lowest BCUT2D eigenvalue weighted by Gasteiger charge is -2.24. The first kappa shape index (κ1) is 21.4. The first-order valence-corrected chi connectivity index (χ1v) is 12.2. The molecule has 0 fully saturated rings. The first-order chi connectivity index (χ1) is 13.8. The molecular formula is C21H25N3O3S2. The summed E-state index contributed by atoms with van der Waals surface area (Å²) in [5.41, 5.74) is 0.998. The van der Waals surface area contributed by atoms with Gasteiger partial charge in [-0.05, 0) is 37.4 Å². The molecule has 1 heterocycles. The molecule has 0 bridgehead atoms. The van der Waals surface area contributed by atoms with Crippen molar-refractivity contribution in [2.45, 2.75) is 18.7 Å². The number of fused-ring (bicyclic) bond motifs is 1. The first-order valence-electron chi connectivity index (χ1n) is 9.54. The Labute approximate surface area is 175 Å². The van der Waals surface area contributed by atoms with Gasteiger partial charge in [0.2, 0.25) is 0 Å². The normalized spacial score (nSPS) is 11.9. The molecule has 3 aromatic rings. The Kier molecular flexibility index (Phi) is 6.66. The summed E-state index contributed by atoms with van der Waals surface area (Å²) < 4.78 is 25.0. The van der Waals surface area contributed by atoms with E-state index in [1.807, 2.05) is 24.3 Å². The number of rotatable bonds is 8. The van der Waals surface area contributed by atoms with Crippen molar-refractivity contribution in [3.8, 4) is 0 Å². The molecule has 0 atom stereocenters. The van der Waals surface area contributed by atoms with Crippen LogP contribution >= 0.6 is 11.3 Å². The highest BCUT2D eigenvalue weighted by Crippen LogP contribution is 2.33. The van der Waals surface area contributed by atoms with E-state index in [4.69, 9.17) is 0 Å². The van der Waals surface area contributed by atoms with Gasteiger partial charge in [-0.1, -0.05) is 49.4 Å². The minimum absolute atomic E-state index is 0.141. The number of amides is 1.